The number of hydrogen-bond donors (Lipinski definition) is 1. The molecule has 176 valence electrons. The quantitative estimate of drug-likeness (QED) is 0.596. The Morgan fingerprint density at radius 1 is 1.03 bits per heavy atom. The van der Waals surface area contributed by atoms with Gasteiger partial charge in [0.05, 0.1) is 28.6 Å². The number of amides is 1. The Morgan fingerprint density at radius 3 is 2.12 bits per heavy atom. The van der Waals surface area contributed by atoms with Crippen LogP contribution in [0.15, 0.2) is 30.3 Å². The Kier molecular flexibility index (Phi) is 7.56. The predicted molar refractivity (Wildman–Crippen MR) is 120 cm³/mol. The summed E-state index contributed by atoms with van der Waals surface area (Å²) in [5.41, 5.74) is 2.48. The van der Waals surface area contributed by atoms with Crippen LogP contribution in [0.25, 0.3) is 0 Å². The molecule has 2 aromatic carbocycles. The molecule has 0 aliphatic heterocycles. The van der Waals surface area contributed by atoms with Crippen molar-refractivity contribution >= 4 is 33.2 Å². The number of nitrogens with zero attached hydrogens (tertiary/aromatic N) is 1. The van der Waals surface area contributed by atoms with E-state index in [2.05, 4.69) is 5.32 Å². The van der Waals surface area contributed by atoms with Crippen molar-refractivity contribution in [2.45, 2.75) is 52.9 Å². The maximum absolute atomic E-state index is 13.3. The highest BCUT2D eigenvalue weighted by molar-refractivity contribution is 7.92. The molecule has 1 amide bonds. The molecule has 0 aliphatic carbocycles. The van der Waals surface area contributed by atoms with Crippen LogP contribution in [0.4, 0.5) is 18.9 Å². The number of rotatable bonds is 6. The van der Waals surface area contributed by atoms with E-state index in [-0.39, 0.29) is 5.69 Å². The molecule has 2 aromatic rings. The van der Waals surface area contributed by atoms with Crippen molar-refractivity contribution in [3.8, 4) is 0 Å². The van der Waals surface area contributed by atoms with Gasteiger partial charge in [-0.05, 0) is 75.1 Å². The van der Waals surface area contributed by atoms with E-state index in [4.69, 9.17) is 11.6 Å². The molecule has 0 spiro atoms. The molecular weight excluding hydrogens is 465 g/mol. The van der Waals surface area contributed by atoms with Gasteiger partial charge < -0.3 is 5.32 Å². The number of aryl methyl sites for hydroxylation is 3. The monoisotopic (exact) mass is 490 g/mol. The van der Waals surface area contributed by atoms with Crippen molar-refractivity contribution < 1.29 is 26.4 Å². The van der Waals surface area contributed by atoms with Crippen molar-refractivity contribution in [2.75, 3.05) is 10.6 Å². The summed E-state index contributed by atoms with van der Waals surface area (Å²) >= 11 is 5.65. The van der Waals surface area contributed by atoms with E-state index in [1.54, 1.807) is 6.92 Å². The minimum atomic E-state index is -4.78. The second kappa shape index (κ2) is 9.31. The van der Waals surface area contributed by atoms with E-state index < -0.39 is 44.8 Å². The average Bonchev–Trinajstić information content (AvgIpc) is 2.63. The minimum Gasteiger partial charge on any atom is -0.348 e. The van der Waals surface area contributed by atoms with Gasteiger partial charge in [0.15, 0.2) is 0 Å². The molecule has 0 radical (unpaired) electrons. The predicted octanol–water partition coefficient (Wildman–Crippen LogP) is 5.32. The van der Waals surface area contributed by atoms with E-state index in [1.807, 2.05) is 32.9 Å². The fourth-order valence-corrected chi connectivity index (χ4v) is 4.93. The lowest BCUT2D eigenvalue weighted by Crippen LogP contribution is -2.48. The molecule has 0 bridgehead atoms. The highest BCUT2D eigenvalue weighted by Gasteiger charge is 2.36. The van der Waals surface area contributed by atoms with Crippen LogP contribution in [0.3, 0.4) is 0 Å². The van der Waals surface area contributed by atoms with Gasteiger partial charge in [-0.3, -0.25) is 9.10 Å². The highest BCUT2D eigenvalue weighted by Crippen LogP contribution is 2.37. The van der Waals surface area contributed by atoms with Gasteiger partial charge in [0.2, 0.25) is 15.9 Å². The van der Waals surface area contributed by atoms with Crippen molar-refractivity contribution in [2.24, 2.45) is 0 Å². The number of nitrogens with one attached hydrogen (secondary N) is 1. The lowest BCUT2D eigenvalue weighted by atomic mass is 9.96. The van der Waals surface area contributed by atoms with Crippen molar-refractivity contribution in [3.63, 3.8) is 0 Å². The minimum absolute atomic E-state index is 0.304. The molecule has 32 heavy (non-hydrogen) atoms. The van der Waals surface area contributed by atoms with Crippen LogP contribution in [0, 0.1) is 20.8 Å². The van der Waals surface area contributed by atoms with Gasteiger partial charge in [-0.1, -0.05) is 23.7 Å². The van der Waals surface area contributed by atoms with Crippen LogP contribution in [0.5, 0.6) is 0 Å². The van der Waals surface area contributed by atoms with E-state index in [0.717, 1.165) is 40.6 Å². The zero-order valence-electron chi connectivity index (χ0n) is 18.6. The Bertz CT molecular complexity index is 1130. The van der Waals surface area contributed by atoms with Crippen LogP contribution < -0.4 is 9.62 Å². The third-order valence-electron chi connectivity index (χ3n) is 5.31. The molecule has 0 saturated carbocycles. The van der Waals surface area contributed by atoms with Crippen LogP contribution in [0.2, 0.25) is 5.02 Å². The first-order chi connectivity index (χ1) is 14.5. The number of sulfonamides is 1. The van der Waals surface area contributed by atoms with Gasteiger partial charge in [-0.2, -0.15) is 13.2 Å². The van der Waals surface area contributed by atoms with Crippen molar-refractivity contribution in [3.05, 3.63) is 63.2 Å². The molecule has 2 rings (SSSR count). The number of benzene rings is 2. The molecule has 1 N–H and O–H groups in total. The number of halogens is 4. The maximum atomic E-state index is 13.3. The third-order valence-corrected chi connectivity index (χ3v) is 6.88. The Labute approximate surface area is 191 Å². The van der Waals surface area contributed by atoms with Crippen LogP contribution >= 0.6 is 11.6 Å². The smallest absolute Gasteiger partial charge is 0.348 e. The van der Waals surface area contributed by atoms with E-state index in [9.17, 15) is 26.4 Å². The third kappa shape index (κ3) is 5.75. The molecule has 2 atom stereocenters. The summed E-state index contributed by atoms with van der Waals surface area (Å²) in [6.45, 7) is 8.90. The second-order valence-electron chi connectivity index (χ2n) is 7.92. The lowest BCUT2D eigenvalue weighted by Gasteiger charge is -2.30. The van der Waals surface area contributed by atoms with E-state index >= 15 is 0 Å². The Morgan fingerprint density at radius 2 is 1.59 bits per heavy atom. The molecule has 0 unspecified atom stereocenters. The number of carbonyl (C=O) groups is 1. The first kappa shape index (κ1) is 26.0. The van der Waals surface area contributed by atoms with Gasteiger partial charge >= 0.3 is 6.18 Å². The summed E-state index contributed by atoms with van der Waals surface area (Å²) in [6.07, 6.45) is -3.95. The topological polar surface area (TPSA) is 66.5 Å². The largest absolute Gasteiger partial charge is 0.417 e. The summed E-state index contributed by atoms with van der Waals surface area (Å²) in [4.78, 5) is 12.9. The summed E-state index contributed by atoms with van der Waals surface area (Å²) in [6, 6.07) is 4.92. The Balaban J connectivity index is 2.40. The zero-order valence-corrected chi connectivity index (χ0v) is 20.2. The number of hydrogen-bond acceptors (Lipinski definition) is 3. The van der Waals surface area contributed by atoms with Gasteiger partial charge in [-0.15, -0.1) is 0 Å². The van der Waals surface area contributed by atoms with Gasteiger partial charge in [0, 0.05) is 0 Å². The lowest BCUT2D eigenvalue weighted by molar-refractivity contribution is -0.137. The molecule has 10 heteroatoms. The standard InChI is InChI=1S/C22H26ClF3N2O3S/c1-12-9-14(3)18(10-13(12)2)15(4)27-21(29)16(5)28(32(6,30)31)17-7-8-20(23)19(11-17)22(24,25)26/h7-11,15-16H,1-6H3,(H,27,29)/t15-,16+/m1/s1. The molecule has 0 fully saturated rings. The van der Waals surface area contributed by atoms with E-state index in [0.29, 0.717) is 10.4 Å². The number of alkyl halides is 3. The summed E-state index contributed by atoms with van der Waals surface area (Å²) in [7, 11) is -4.10. The summed E-state index contributed by atoms with van der Waals surface area (Å²) < 4.78 is 65.4. The van der Waals surface area contributed by atoms with Crippen LogP contribution in [-0.4, -0.2) is 26.6 Å². The highest BCUT2D eigenvalue weighted by atomic mass is 35.5. The van der Waals surface area contributed by atoms with E-state index in [1.165, 1.54) is 6.92 Å². The Hall–Kier alpha value is -2.26. The maximum Gasteiger partial charge on any atom is 0.417 e. The van der Waals surface area contributed by atoms with Crippen molar-refractivity contribution in [1.29, 1.82) is 0 Å². The molecular formula is C22H26ClF3N2O3S. The average molecular weight is 491 g/mol. The molecule has 0 aromatic heterocycles. The van der Waals surface area contributed by atoms with Gasteiger partial charge in [-0.25, -0.2) is 8.42 Å². The zero-order chi connectivity index (χ0) is 24.6. The molecule has 0 heterocycles. The fraction of sp³-hybridized carbons (Fsp3) is 0.409. The first-order valence-electron chi connectivity index (χ1n) is 9.78. The van der Waals surface area contributed by atoms with Crippen molar-refractivity contribution in [1.82, 2.24) is 5.32 Å². The summed E-state index contributed by atoms with van der Waals surface area (Å²) in [5.74, 6) is -0.649. The van der Waals surface area contributed by atoms with Crippen LogP contribution in [-0.2, 0) is 21.0 Å². The first-order valence-corrected chi connectivity index (χ1v) is 12.0. The summed E-state index contributed by atoms with van der Waals surface area (Å²) in [5, 5.41) is 2.20. The normalized spacial score (nSPS) is 14.1. The number of carbonyl (C=O) groups excluding carboxylic acids is 1. The molecule has 0 aliphatic rings. The second-order valence-corrected chi connectivity index (χ2v) is 10.2. The fourth-order valence-electron chi connectivity index (χ4n) is 3.54. The SMILES string of the molecule is Cc1cc(C)c([C@@H](C)NC(=O)[C@H](C)N(c2ccc(Cl)c(C(F)(F)F)c2)S(C)(=O)=O)cc1C. The van der Waals surface area contributed by atoms with Crippen LogP contribution in [0.1, 0.15) is 47.7 Å². The molecule has 0 saturated heterocycles. The van der Waals surface area contributed by atoms with Gasteiger partial charge in [0.25, 0.3) is 0 Å². The van der Waals surface area contributed by atoms with Gasteiger partial charge in [0.1, 0.15) is 6.04 Å². The number of anilines is 1. The molecule has 5 nitrogen and oxygen atoms in total.